The molecule has 3 aromatic carbocycles. The fourth-order valence-electron chi connectivity index (χ4n) is 4.13. The maximum absolute atomic E-state index is 15.1. The Kier molecular flexibility index (Phi) is 8.30. The van der Waals surface area contributed by atoms with Crippen LogP contribution in [0, 0.1) is 87.3 Å². The molecule has 0 aromatic heterocycles. The normalized spacial score (nSPS) is 12.0. The molecule has 0 saturated heterocycles. The number of rotatable bonds is 6. The van der Waals surface area contributed by atoms with Crippen molar-refractivity contribution in [3.8, 4) is 0 Å². The quantitative estimate of drug-likeness (QED) is 0.129. The van der Waals surface area contributed by atoms with Crippen molar-refractivity contribution in [2.75, 3.05) is 0 Å². The summed E-state index contributed by atoms with van der Waals surface area (Å²) < 4.78 is 209. The van der Waals surface area contributed by atoms with Crippen LogP contribution in [0.3, 0.4) is 0 Å². The van der Waals surface area contributed by atoms with E-state index in [0.29, 0.717) is 0 Å². The topological polar surface area (TPSA) is 0 Å². The van der Waals surface area contributed by atoms with E-state index in [1.54, 1.807) is 0 Å². The number of halogens is 15. The molecule has 0 aliphatic carbocycles. The fourth-order valence-corrected chi connectivity index (χ4v) is 19.2. The van der Waals surface area contributed by atoms with Crippen molar-refractivity contribution in [2.45, 2.75) is 24.2 Å². The molecule has 0 bridgehead atoms. The summed E-state index contributed by atoms with van der Waals surface area (Å²) in [5.41, 5.74) is 0. The van der Waals surface area contributed by atoms with E-state index in [1.807, 2.05) is 0 Å². The third kappa shape index (κ3) is 4.11. The van der Waals surface area contributed by atoms with Crippen molar-refractivity contribution in [3.63, 3.8) is 0 Å². The van der Waals surface area contributed by atoms with Gasteiger partial charge in [0.1, 0.15) is 0 Å². The first-order chi connectivity index (χ1) is 17.6. The average Bonchev–Trinajstić information content (AvgIpc) is 2.89. The minimum absolute atomic E-state index is 0.279. The van der Waals surface area contributed by atoms with Gasteiger partial charge in [-0.05, 0) is 0 Å². The Morgan fingerprint density at radius 1 is 0.342 bits per heavy atom. The zero-order valence-electron chi connectivity index (χ0n) is 18.3. The van der Waals surface area contributed by atoms with Crippen LogP contribution in [0.2, 0.25) is 4.44 Å². The van der Waals surface area contributed by atoms with Gasteiger partial charge in [0.25, 0.3) is 0 Å². The van der Waals surface area contributed by atoms with E-state index >= 15 is 26.3 Å². The van der Waals surface area contributed by atoms with E-state index in [2.05, 4.69) is 0 Å². The van der Waals surface area contributed by atoms with Crippen molar-refractivity contribution in [1.29, 1.82) is 0 Å². The molecule has 0 amide bonds. The Morgan fingerprint density at radius 2 is 0.526 bits per heavy atom. The summed E-state index contributed by atoms with van der Waals surface area (Å²) >= 11 is -7.82. The summed E-state index contributed by atoms with van der Waals surface area (Å²) in [6.07, 6.45) is -1.01. The summed E-state index contributed by atoms with van der Waals surface area (Å²) in [4.78, 5) is 0. The molecule has 3 aromatic rings. The molecule has 0 N–H and O–H groups in total. The molecule has 0 saturated carbocycles. The first-order valence-electron chi connectivity index (χ1n) is 10.1. The molecule has 0 fully saturated rings. The second kappa shape index (κ2) is 10.5. The van der Waals surface area contributed by atoms with Gasteiger partial charge in [-0.3, -0.25) is 0 Å². The van der Waals surface area contributed by atoms with Crippen molar-refractivity contribution in [3.05, 3.63) is 87.3 Å². The fraction of sp³-hybridized carbons (Fsp3) is 0.182. The molecule has 0 aliphatic rings. The van der Waals surface area contributed by atoms with Gasteiger partial charge in [0.15, 0.2) is 0 Å². The number of hydrogen-bond donors (Lipinski definition) is 0. The standard InChI is InChI=1S/3C6F5.C4H9.Sn/c3*7-2-1-3(8)5(10)6(11)4(2)9;1-3-4-2;/h;;;1,3-4H2,2H3;. The number of hydrogen-bond acceptors (Lipinski definition) is 0. The Morgan fingerprint density at radius 3 is 0.711 bits per heavy atom. The van der Waals surface area contributed by atoms with Gasteiger partial charge in [0, 0.05) is 0 Å². The van der Waals surface area contributed by atoms with E-state index in [0.717, 1.165) is 0 Å². The Bertz CT molecular complexity index is 1210. The predicted molar refractivity (Wildman–Crippen MR) is 103 cm³/mol. The van der Waals surface area contributed by atoms with Crippen molar-refractivity contribution >= 4 is 29.1 Å². The average molecular weight is 677 g/mol. The monoisotopic (exact) mass is 678 g/mol. The van der Waals surface area contributed by atoms with Gasteiger partial charge in [0.05, 0.1) is 0 Å². The predicted octanol–water partition coefficient (Wildman–Crippen LogP) is 6.04. The minimum atomic E-state index is -7.82. The second-order valence-corrected chi connectivity index (χ2v) is 18.7. The van der Waals surface area contributed by atoms with Crippen LogP contribution in [-0.2, 0) is 0 Å². The summed E-state index contributed by atoms with van der Waals surface area (Å²) in [5.74, 6) is -44.0. The van der Waals surface area contributed by atoms with Crippen LogP contribution >= 0.6 is 0 Å². The molecule has 206 valence electrons. The van der Waals surface area contributed by atoms with Gasteiger partial charge in [-0.1, -0.05) is 0 Å². The molecule has 0 radical (unpaired) electrons. The number of unbranched alkanes of at least 4 members (excludes halogenated alkanes) is 1. The van der Waals surface area contributed by atoms with Crippen molar-refractivity contribution in [1.82, 2.24) is 0 Å². The summed E-state index contributed by atoms with van der Waals surface area (Å²) in [7, 11) is 0. The zero-order valence-corrected chi connectivity index (χ0v) is 21.1. The molecule has 16 heteroatoms. The molecule has 3 rings (SSSR count). The Hall–Kier alpha value is -2.59. The third-order valence-electron chi connectivity index (χ3n) is 5.82. The summed E-state index contributed by atoms with van der Waals surface area (Å²) in [6, 6.07) is 0. The van der Waals surface area contributed by atoms with E-state index in [-0.39, 0.29) is 6.42 Å². The molecular formula is C22H9F15Sn. The molecule has 0 spiro atoms. The molecule has 0 heterocycles. The number of benzene rings is 3. The summed E-state index contributed by atoms with van der Waals surface area (Å²) in [5, 5.41) is 0. The van der Waals surface area contributed by atoms with Crippen LogP contribution in [0.25, 0.3) is 0 Å². The molecule has 0 unspecified atom stereocenters. The van der Waals surface area contributed by atoms with E-state index in [9.17, 15) is 39.5 Å². The summed E-state index contributed by atoms with van der Waals surface area (Å²) in [6.45, 7) is 1.20. The second-order valence-electron chi connectivity index (χ2n) is 7.84. The molecule has 0 aliphatic heterocycles. The molecule has 38 heavy (non-hydrogen) atoms. The van der Waals surface area contributed by atoms with Gasteiger partial charge in [0.2, 0.25) is 0 Å². The van der Waals surface area contributed by atoms with Gasteiger partial charge in [-0.25, -0.2) is 0 Å². The molecular weight excluding hydrogens is 668 g/mol. The molecule has 0 atom stereocenters. The van der Waals surface area contributed by atoms with E-state index < -0.39 is 127 Å². The van der Waals surface area contributed by atoms with Crippen LogP contribution in [-0.4, -0.2) is 18.4 Å². The Balaban J connectivity index is 2.86. The van der Waals surface area contributed by atoms with Crippen LogP contribution < -0.4 is 10.7 Å². The van der Waals surface area contributed by atoms with Crippen LogP contribution in [0.4, 0.5) is 65.9 Å². The SMILES string of the molecule is CCC[CH2][Sn]([c]1c(F)c(F)c(F)c(F)c1F)([c]1c(F)c(F)c(F)c(F)c1F)[c]1c(F)c(F)c(F)c(F)c1F. The first kappa shape index (κ1) is 30.0. The zero-order chi connectivity index (χ0) is 29.0. The Labute approximate surface area is 206 Å². The van der Waals surface area contributed by atoms with E-state index in [4.69, 9.17) is 0 Å². The first-order valence-corrected chi connectivity index (χ1v) is 16.4. The van der Waals surface area contributed by atoms with Crippen LogP contribution in [0.15, 0.2) is 0 Å². The van der Waals surface area contributed by atoms with Gasteiger partial charge < -0.3 is 0 Å². The van der Waals surface area contributed by atoms with Crippen molar-refractivity contribution in [2.24, 2.45) is 0 Å². The van der Waals surface area contributed by atoms with Crippen LogP contribution in [0.5, 0.6) is 0 Å². The van der Waals surface area contributed by atoms with Gasteiger partial charge in [-0.15, -0.1) is 0 Å². The van der Waals surface area contributed by atoms with Gasteiger partial charge in [-0.2, -0.15) is 0 Å². The van der Waals surface area contributed by atoms with Crippen LogP contribution in [0.1, 0.15) is 19.8 Å². The van der Waals surface area contributed by atoms with Crippen molar-refractivity contribution < 1.29 is 65.9 Å². The van der Waals surface area contributed by atoms with Gasteiger partial charge >= 0.3 is 206 Å². The third-order valence-corrected chi connectivity index (χ3v) is 20.0. The maximum atomic E-state index is 15.1. The van der Waals surface area contributed by atoms with E-state index in [1.165, 1.54) is 6.92 Å². The molecule has 0 nitrogen and oxygen atoms in total.